The van der Waals surface area contributed by atoms with Crippen molar-refractivity contribution in [3.8, 4) is 11.3 Å². The van der Waals surface area contributed by atoms with Gasteiger partial charge in [0.15, 0.2) is 6.29 Å². The second-order valence-electron chi connectivity index (χ2n) is 5.54. The molecule has 3 rings (SSSR count). The highest BCUT2D eigenvalue weighted by Gasteiger charge is 2.20. The quantitative estimate of drug-likeness (QED) is 0.721. The van der Waals surface area contributed by atoms with E-state index in [0.29, 0.717) is 27.2 Å². The normalized spacial score (nSPS) is 12.0. The zero-order chi connectivity index (χ0) is 17.5. The predicted molar refractivity (Wildman–Crippen MR) is 95.0 cm³/mol. The summed E-state index contributed by atoms with van der Waals surface area (Å²) in [7, 11) is -0.639. The summed E-state index contributed by atoms with van der Waals surface area (Å²) >= 11 is 6.02. The number of carbonyl (C=O) groups is 1. The van der Waals surface area contributed by atoms with Gasteiger partial charge in [0.2, 0.25) is 10.0 Å². The van der Waals surface area contributed by atoms with Crippen LogP contribution in [0.15, 0.2) is 47.4 Å². The number of H-pyrrole nitrogens is 1. The Bertz CT molecular complexity index is 1040. The van der Waals surface area contributed by atoms with Crippen LogP contribution in [-0.4, -0.2) is 38.1 Å². The molecule has 5 nitrogen and oxygen atoms in total. The van der Waals surface area contributed by atoms with Crippen molar-refractivity contribution >= 4 is 38.8 Å². The molecule has 0 aliphatic carbocycles. The number of aldehydes is 1. The van der Waals surface area contributed by atoms with Crippen LogP contribution in [0.25, 0.3) is 22.2 Å². The maximum absolute atomic E-state index is 12.3. The van der Waals surface area contributed by atoms with E-state index >= 15 is 0 Å². The maximum atomic E-state index is 12.3. The molecule has 1 aromatic heterocycles. The topological polar surface area (TPSA) is 70.2 Å². The van der Waals surface area contributed by atoms with E-state index in [4.69, 9.17) is 11.6 Å². The van der Waals surface area contributed by atoms with E-state index in [0.717, 1.165) is 16.2 Å². The molecular formula is C17H15ClN2O3S. The van der Waals surface area contributed by atoms with Gasteiger partial charge in [-0.3, -0.25) is 4.79 Å². The van der Waals surface area contributed by atoms with Crippen molar-refractivity contribution in [2.75, 3.05) is 14.1 Å². The van der Waals surface area contributed by atoms with Crippen LogP contribution in [0.3, 0.4) is 0 Å². The Morgan fingerprint density at radius 1 is 1.12 bits per heavy atom. The summed E-state index contributed by atoms with van der Waals surface area (Å²) in [6.07, 6.45) is 0.723. The van der Waals surface area contributed by atoms with Crippen molar-refractivity contribution in [1.82, 2.24) is 9.29 Å². The van der Waals surface area contributed by atoms with Crippen molar-refractivity contribution in [2.24, 2.45) is 0 Å². The van der Waals surface area contributed by atoms with Crippen LogP contribution in [0.1, 0.15) is 10.4 Å². The molecule has 1 N–H and O–H groups in total. The third-order valence-electron chi connectivity index (χ3n) is 3.82. The van der Waals surface area contributed by atoms with E-state index in [9.17, 15) is 13.2 Å². The zero-order valence-corrected chi connectivity index (χ0v) is 14.6. The van der Waals surface area contributed by atoms with E-state index in [2.05, 4.69) is 4.98 Å². The van der Waals surface area contributed by atoms with Gasteiger partial charge < -0.3 is 4.98 Å². The fraction of sp³-hybridized carbons (Fsp3) is 0.118. The van der Waals surface area contributed by atoms with Crippen LogP contribution in [0.5, 0.6) is 0 Å². The molecule has 0 atom stereocenters. The molecule has 7 heteroatoms. The smallest absolute Gasteiger partial charge is 0.242 e. The number of nitrogens with zero attached hydrogens (tertiary/aromatic N) is 1. The largest absolute Gasteiger partial charge is 0.354 e. The van der Waals surface area contributed by atoms with Gasteiger partial charge in [0.05, 0.1) is 10.6 Å². The van der Waals surface area contributed by atoms with Crippen LogP contribution < -0.4 is 0 Å². The lowest BCUT2D eigenvalue weighted by molar-refractivity contribution is 0.112. The standard InChI is InChI=1S/C17H15ClN2O3S/c1-20(2)24(22,23)13-6-7-16-14(9-13)15(10-21)17(19-16)11-4-3-5-12(18)8-11/h3-10,19H,1-2H3. The molecule has 0 saturated heterocycles. The van der Waals surface area contributed by atoms with Crippen molar-refractivity contribution in [3.05, 3.63) is 53.1 Å². The van der Waals surface area contributed by atoms with Gasteiger partial charge in [-0.2, -0.15) is 0 Å². The van der Waals surface area contributed by atoms with Gasteiger partial charge in [0.25, 0.3) is 0 Å². The Morgan fingerprint density at radius 2 is 1.88 bits per heavy atom. The molecular weight excluding hydrogens is 348 g/mol. The number of rotatable bonds is 4. The second-order valence-corrected chi connectivity index (χ2v) is 8.12. The van der Waals surface area contributed by atoms with Crippen LogP contribution in [-0.2, 0) is 10.0 Å². The Balaban J connectivity index is 2.27. The number of sulfonamides is 1. The number of nitrogens with one attached hydrogen (secondary N) is 1. The minimum Gasteiger partial charge on any atom is -0.354 e. The molecule has 24 heavy (non-hydrogen) atoms. The Hall–Kier alpha value is -2.15. The molecule has 0 amide bonds. The Kier molecular flexibility index (Phi) is 4.21. The fourth-order valence-electron chi connectivity index (χ4n) is 2.56. The van der Waals surface area contributed by atoms with Gasteiger partial charge in [-0.05, 0) is 30.3 Å². The highest BCUT2D eigenvalue weighted by Crippen LogP contribution is 2.32. The number of halogens is 1. The summed E-state index contributed by atoms with van der Waals surface area (Å²) in [4.78, 5) is 14.9. The van der Waals surface area contributed by atoms with Crippen LogP contribution in [0.2, 0.25) is 5.02 Å². The number of hydrogen-bond acceptors (Lipinski definition) is 3. The number of fused-ring (bicyclic) bond motifs is 1. The molecule has 1 heterocycles. The van der Waals surface area contributed by atoms with Crippen molar-refractivity contribution in [3.63, 3.8) is 0 Å². The Labute approximate surface area is 144 Å². The Morgan fingerprint density at radius 3 is 2.50 bits per heavy atom. The summed E-state index contributed by atoms with van der Waals surface area (Å²) in [5, 5.41) is 1.11. The first-order valence-corrected chi connectivity index (χ1v) is 8.96. The number of benzene rings is 2. The maximum Gasteiger partial charge on any atom is 0.242 e. The SMILES string of the molecule is CN(C)S(=O)(=O)c1ccc2[nH]c(-c3cccc(Cl)c3)c(C=O)c2c1. The number of hydrogen-bond donors (Lipinski definition) is 1. The van der Waals surface area contributed by atoms with Gasteiger partial charge in [0.1, 0.15) is 0 Å². The third kappa shape index (κ3) is 2.73. The molecule has 124 valence electrons. The highest BCUT2D eigenvalue weighted by molar-refractivity contribution is 7.89. The lowest BCUT2D eigenvalue weighted by Crippen LogP contribution is -2.22. The number of aromatic nitrogens is 1. The van der Waals surface area contributed by atoms with Gasteiger partial charge in [-0.1, -0.05) is 23.7 Å². The first kappa shape index (κ1) is 16.7. The van der Waals surface area contributed by atoms with Crippen LogP contribution in [0.4, 0.5) is 0 Å². The first-order chi connectivity index (χ1) is 11.3. The van der Waals surface area contributed by atoms with Gasteiger partial charge in [0, 0.05) is 41.1 Å². The molecule has 2 aromatic carbocycles. The second kappa shape index (κ2) is 6.05. The minimum atomic E-state index is -3.57. The van der Waals surface area contributed by atoms with E-state index in [-0.39, 0.29) is 4.90 Å². The molecule has 3 aromatic rings. The molecule has 0 radical (unpaired) electrons. The summed E-state index contributed by atoms with van der Waals surface area (Å²) in [5.74, 6) is 0. The summed E-state index contributed by atoms with van der Waals surface area (Å²) in [5.41, 5.74) is 2.47. The third-order valence-corrected chi connectivity index (χ3v) is 5.87. The van der Waals surface area contributed by atoms with Crippen molar-refractivity contribution in [1.29, 1.82) is 0 Å². The molecule has 0 saturated carbocycles. The van der Waals surface area contributed by atoms with Gasteiger partial charge >= 0.3 is 0 Å². The van der Waals surface area contributed by atoms with E-state index in [1.165, 1.54) is 26.2 Å². The van der Waals surface area contributed by atoms with Crippen molar-refractivity contribution < 1.29 is 13.2 Å². The molecule has 0 aliphatic rings. The lowest BCUT2D eigenvalue weighted by Gasteiger charge is -2.11. The van der Waals surface area contributed by atoms with Gasteiger partial charge in [-0.15, -0.1) is 0 Å². The molecule has 0 spiro atoms. The van der Waals surface area contributed by atoms with Gasteiger partial charge in [-0.25, -0.2) is 12.7 Å². The minimum absolute atomic E-state index is 0.139. The predicted octanol–water partition coefficient (Wildman–Crippen LogP) is 3.55. The van der Waals surface area contributed by atoms with E-state index in [1.54, 1.807) is 24.3 Å². The average molecular weight is 363 g/mol. The van der Waals surface area contributed by atoms with Crippen LogP contribution in [0, 0.1) is 0 Å². The van der Waals surface area contributed by atoms with E-state index in [1.807, 2.05) is 6.07 Å². The fourth-order valence-corrected chi connectivity index (χ4v) is 3.68. The molecule has 0 unspecified atom stereocenters. The van der Waals surface area contributed by atoms with Crippen LogP contribution >= 0.6 is 11.6 Å². The average Bonchev–Trinajstić information content (AvgIpc) is 2.92. The first-order valence-electron chi connectivity index (χ1n) is 7.14. The number of carbonyl (C=O) groups excluding carboxylic acids is 1. The number of aromatic amines is 1. The molecule has 0 aliphatic heterocycles. The van der Waals surface area contributed by atoms with E-state index < -0.39 is 10.0 Å². The highest BCUT2D eigenvalue weighted by atomic mass is 35.5. The lowest BCUT2D eigenvalue weighted by atomic mass is 10.1. The molecule has 0 fully saturated rings. The summed E-state index contributed by atoms with van der Waals surface area (Å²) < 4.78 is 25.8. The zero-order valence-electron chi connectivity index (χ0n) is 13.1. The monoisotopic (exact) mass is 362 g/mol. The van der Waals surface area contributed by atoms with Crippen molar-refractivity contribution in [2.45, 2.75) is 4.90 Å². The summed E-state index contributed by atoms with van der Waals surface area (Å²) in [6, 6.07) is 11.8. The summed E-state index contributed by atoms with van der Waals surface area (Å²) in [6.45, 7) is 0. The molecule has 0 bridgehead atoms.